The van der Waals surface area contributed by atoms with Crippen molar-refractivity contribution in [1.82, 2.24) is 82.1 Å². The summed E-state index contributed by atoms with van der Waals surface area (Å²) >= 11 is 0. The molecular formula is C107H88F8N20O9. The SMILES string of the molecule is Nc1nccc2cc(CCC(=O)[C@H](Cc3ccc(F)c(F)c3)NC(=O)c3ccc(-c4cncnc4)cc3)ccc12.Nc1nccc2cc(CCC(=O)[C@H](Cc3ccc(F)c(F)c3)NC(=O)c3ccc4cnccc4c3)ccc12.Nc1nccc2cc(CNC(=O)[C@H](Cc3ccc(F)c(F)c3)NC(=O)c3ccn[nH]3)ccc12.Nc1nccc2cc(CNC(=O)[C@H](Cc3ccc(F)c(F)c3)NC(=O)c3ccno3)ccc12. The van der Waals surface area contributed by atoms with Gasteiger partial charge in [-0.25, -0.2) is 65.0 Å². The van der Waals surface area contributed by atoms with E-state index in [1.165, 1.54) is 55.1 Å². The van der Waals surface area contributed by atoms with Gasteiger partial charge in [-0.2, -0.15) is 5.10 Å². The van der Waals surface area contributed by atoms with Crippen LogP contribution in [-0.4, -0.2) is 121 Å². The lowest BCUT2D eigenvalue weighted by Crippen LogP contribution is -2.48. The Morgan fingerprint density at radius 3 is 1.10 bits per heavy atom. The molecule has 726 valence electrons. The van der Waals surface area contributed by atoms with Crippen LogP contribution in [0.5, 0.6) is 0 Å². The van der Waals surface area contributed by atoms with Crippen LogP contribution in [-0.2, 0) is 70.8 Å². The summed E-state index contributed by atoms with van der Waals surface area (Å²) in [5.74, 6) is -9.99. The van der Waals surface area contributed by atoms with E-state index in [1.807, 2.05) is 84.9 Å². The van der Waals surface area contributed by atoms with Gasteiger partial charge in [0.1, 0.15) is 47.4 Å². The molecule has 0 unspecified atom stereocenters. The first kappa shape index (κ1) is 100. The fourth-order valence-electron chi connectivity index (χ4n) is 15.7. The summed E-state index contributed by atoms with van der Waals surface area (Å²) in [5.41, 5.74) is 31.1. The maximum absolute atomic E-state index is 13.9. The van der Waals surface area contributed by atoms with Gasteiger partial charge in [-0.1, -0.05) is 108 Å². The minimum Gasteiger partial charge on any atom is -0.383 e. The summed E-state index contributed by atoms with van der Waals surface area (Å²) in [6.07, 6.45) is 18.3. The molecule has 0 saturated heterocycles. The highest BCUT2D eigenvalue weighted by atomic mass is 19.2. The highest BCUT2D eigenvalue weighted by Gasteiger charge is 2.29. The molecule has 4 atom stereocenters. The Morgan fingerprint density at radius 2 is 0.694 bits per heavy atom. The molecule has 37 heteroatoms. The largest absolute Gasteiger partial charge is 0.383 e. The number of benzene rings is 10. The molecule has 6 amide bonds. The summed E-state index contributed by atoms with van der Waals surface area (Å²) in [6, 6.07) is 55.9. The molecule has 0 spiro atoms. The van der Waals surface area contributed by atoms with Crippen molar-refractivity contribution in [3.63, 3.8) is 0 Å². The van der Waals surface area contributed by atoms with Gasteiger partial charge in [-0.05, 0) is 224 Å². The molecule has 0 fully saturated rings. The third kappa shape index (κ3) is 26.3. The standard InChI is InChI=1S/C31H25F2N5O2.C30H24F2N4O2.C23H20F2N6O2.C23H19F2N5O3/c32-26-9-2-20(14-27(26)33)15-28(29(39)10-3-19-1-8-25-23(13-19)11-12-37-30(25)34)38-31(40)22-6-4-21(5-7-22)24-16-35-18-36-17-24;31-25-7-2-19(14-26(25)32)15-27(36-30(38)22-4-5-23-17-34-11-9-20(23)16-22)28(37)8-3-18-1-6-24-21(13-18)10-12-35-29(24)33;24-17-4-2-13(10-18(17)25)11-20(30-23(33)19-6-8-29-31-19)22(32)28-12-14-1-3-16-15(9-14)5-7-27-21(16)26;24-17-4-2-13(10-18(17)25)11-19(30-23(32)20-6-8-29-33-20)22(31)28-12-14-1-3-16-15(9-14)5-7-27-21(16)26/h1-2,4-9,11-14,16-18,28H,3,10,15H2,(H2,34,37)(H,38,40);1-2,4-7,9-14,16-17,27H,3,8,15H2,(H2,33,35)(H,36,38);1-10,20H,11-12H2,(H2,26,27)(H,28,32)(H,29,31)(H,30,33);1-10,19H,11-12H2,(H2,26,27)(H,28,31)(H,30,32)/t28-;27-;20-;19-/m0000/s1. The van der Waals surface area contributed by atoms with E-state index in [4.69, 9.17) is 27.5 Å². The fourth-order valence-corrected chi connectivity index (χ4v) is 15.7. The number of hydrogen-bond donors (Lipinski definition) is 11. The third-order valence-electron chi connectivity index (χ3n) is 23.4. The first-order valence-corrected chi connectivity index (χ1v) is 44.8. The number of nitrogens with one attached hydrogen (secondary N) is 7. The van der Waals surface area contributed by atoms with Crippen LogP contribution in [0.2, 0.25) is 0 Å². The number of nitrogens with zero attached hydrogens (tertiary/aromatic N) is 9. The first-order chi connectivity index (χ1) is 69.5. The quantitative estimate of drug-likeness (QED) is 0.0180. The van der Waals surface area contributed by atoms with Crippen LogP contribution in [0.15, 0.2) is 303 Å². The van der Waals surface area contributed by atoms with Crippen LogP contribution in [0.4, 0.5) is 58.4 Å². The summed E-state index contributed by atoms with van der Waals surface area (Å²) in [7, 11) is 0. The second-order valence-electron chi connectivity index (χ2n) is 33.3. The Labute approximate surface area is 815 Å². The zero-order valence-electron chi connectivity index (χ0n) is 76.2. The lowest BCUT2D eigenvalue weighted by molar-refractivity contribution is -0.123. The Morgan fingerprint density at radius 1 is 0.312 bits per heavy atom. The molecule has 0 saturated carbocycles. The van der Waals surface area contributed by atoms with Crippen molar-refractivity contribution in [2.75, 3.05) is 22.9 Å². The van der Waals surface area contributed by atoms with Crippen LogP contribution >= 0.6 is 0 Å². The van der Waals surface area contributed by atoms with Crippen molar-refractivity contribution >= 4 is 124 Å². The summed E-state index contributed by atoms with van der Waals surface area (Å²) in [6.45, 7) is 0.356. The number of hydrogen-bond acceptors (Lipinski definition) is 22. The molecule has 18 aromatic rings. The number of aromatic nitrogens is 10. The second-order valence-corrected chi connectivity index (χ2v) is 33.3. The average molecular weight is 1950 g/mol. The number of amides is 6. The highest BCUT2D eigenvalue weighted by molar-refractivity contribution is 6.03. The second kappa shape index (κ2) is 46.8. The molecule has 0 aliphatic carbocycles. The summed E-state index contributed by atoms with van der Waals surface area (Å²) in [5, 5.41) is 34.6. The molecule has 18 rings (SSSR count). The van der Waals surface area contributed by atoms with Crippen molar-refractivity contribution < 1.29 is 78.0 Å². The zero-order chi connectivity index (χ0) is 101. The van der Waals surface area contributed by atoms with Gasteiger partial charge in [0.05, 0.1) is 18.3 Å². The van der Waals surface area contributed by atoms with Crippen LogP contribution in [0, 0.1) is 46.5 Å². The van der Waals surface area contributed by atoms with Gasteiger partial charge in [-0.3, -0.25) is 48.4 Å². The number of Topliss-reactive ketones (excluding diaryl/α,β-unsaturated/α-hetero) is 2. The summed E-state index contributed by atoms with van der Waals surface area (Å²) < 4.78 is 113. The molecule has 8 heterocycles. The minimum absolute atomic E-state index is 0.0150. The number of carbonyl (C=O) groups excluding carboxylic acids is 8. The molecule has 15 N–H and O–H groups in total. The monoisotopic (exact) mass is 1950 g/mol. The number of aryl methyl sites for hydroxylation is 2. The van der Waals surface area contributed by atoms with Gasteiger partial charge in [0, 0.05) is 144 Å². The van der Waals surface area contributed by atoms with E-state index in [0.29, 0.717) is 69.5 Å². The Hall–Kier alpha value is -18.5. The topological polar surface area (TPSA) is 458 Å². The van der Waals surface area contributed by atoms with Crippen LogP contribution in [0.1, 0.15) is 99.1 Å². The number of nitrogens with two attached hydrogens (primary N) is 4. The van der Waals surface area contributed by atoms with Gasteiger partial charge in [0.15, 0.2) is 58.1 Å². The Kier molecular flexibility index (Phi) is 32.5. The maximum atomic E-state index is 13.9. The van der Waals surface area contributed by atoms with Gasteiger partial charge in [0.2, 0.25) is 17.6 Å². The summed E-state index contributed by atoms with van der Waals surface area (Å²) in [4.78, 5) is 132. The number of rotatable bonds is 31. The molecule has 0 aliphatic heterocycles. The Bertz CT molecular complexity index is 7570. The number of nitrogen functional groups attached to an aromatic ring is 4. The fraction of sp³-hybridized carbons (Fsp3) is 0.131. The third-order valence-corrected chi connectivity index (χ3v) is 23.4. The number of fused-ring (bicyclic) bond motifs is 5. The molecule has 10 aromatic carbocycles. The van der Waals surface area contributed by atoms with Crippen molar-refractivity contribution in [3.8, 4) is 11.1 Å². The van der Waals surface area contributed by atoms with E-state index >= 15 is 0 Å². The van der Waals surface area contributed by atoms with Crippen molar-refractivity contribution in [2.24, 2.45) is 0 Å². The number of ketones is 2. The smallest absolute Gasteiger partial charge is 0.290 e. The molecule has 144 heavy (non-hydrogen) atoms. The number of aromatic amines is 1. The van der Waals surface area contributed by atoms with Gasteiger partial charge < -0.3 is 59.4 Å². The van der Waals surface area contributed by atoms with E-state index in [2.05, 4.69) is 82.1 Å². The van der Waals surface area contributed by atoms with Crippen molar-refractivity contribution in [1.29, 1.82) is 0 Å². The predicted octanol–water partition coefficient (Wildman–Crippen LogP) is 15.5. The Balaban J connectivity index is 0.000000145. The molecule has 0 aliphatic rings. The minimum atomic E-state index is -1.08. The molecule has 0 bridgehead atoms. The van der Waals surface area contributed by atoms with E-state index < -0.39 is 106 Å². The average Bonchev–Trinajstić information content (AvgIpc) is 0.976. The number of H-pyrrole nitrogens is 1. The number of halogens is 8. The number of carbonyl (C=O) groups is 8. The molecular weight excluding hydrogens is 1860 g/mol. The van der Waals surface area contributed by atoms with Gasteiger partial charge >= 0.3 is 0 Å². The van der Waals surface area contributed by atoms with Gasteiger partial charge in [-0.15, -0.1) is 0 Å². The lowest BCUT2D eigenvalue weighted by Gasteiger charge is -2.19. The van der Waals surface area contributed by atoms with Crippen molar-refractivity contribution in [3.05, 3.63) is 412 Å². The van der Waals surface area contributed by atoms with Crippen molar-refractivity contribution in [2.45, 2.75) is 88.6 Å². The van der Waals surface area contributed by atoms with E-state index in [0.717, 1.165) is 136 Å². The lowest BCUT2D eigenvalue weighted by atomic mass is 9.96. The van der Waals surface area contributed by atoms with E-state index in [1.54, 1.807) is 110 Å². The molecule has 0 radical (unpaired) electrons. The van der Waals surface area contributed by atoms with Crippen LogP contribution in [0.3, 0.4) is 0 Å². The van der Waals surface area contributed by atoms with Gasteiger partial charge in [0.25, 0.3) is 23.6 Å². The molecule has 8 aromatic heterocycles. The number of pyridine rings is 5. The first-order valence-electron chi connectivity index (χ1n) is 44.8. The van der Waals surface area contributed by atoms with Crippen LogP contribution in [0.25, 0.3) is 65.0 Å². The van der Waals surface area contributed by atoms with E-state index in [-0.39, 0.29) is 74.6 Å². The normalized spacial score (nSPS) is 11.8. The molecule has 29 nitrogen and oxygen atoms in total. The number of anilines is 4. The predicted molar refractivity (Wildman–Crippen MR) is 525 cm³/mol. The zero-order valence-corrected chi connectivity index (χ0v) is 76.2. The van der Waals surface area contributed by atoms with E-state index in [9.17, 15) is 73.5 Å². The van der Waals surface area contributed by atoms with Crippen LogP contribution < -0.4 is 54.8 Å². The highest BCUT2D eigenvalue weighted by Crippen LogP contribution is 2.29. The maximum Gasteiger partial charge on any atom is 0.290 e.